The zero-order chi connectivity index (χ0) is 11.0. The summed E-state index contributed by atoms with van der Waals surface area (Å²) in [6.45, 7) is 0. The van der Waals surface area contributed by atoms with Crippen molar-refractivity contribution in [2.24, 2.45) is 12.8 Å². The largest absolute Gasteiger partial charge is 0.369 e. The first-order valence-corrected chi connectivity index (χ1v) is 4.60. The maximum absolute atomic E-state index is 13.5. The Morgan fingerprint density at radius 2 is 2.27 bits per heavy atom. The molecule has 0 saturated carbocycles. The van der Waals surface area contributed by atoms with Crippen molar-refractivity contribution in [2.45, 2.75) is 6.42 Å². The number of nitrogens with two attached hydrogens (primary N) is 1. The van der Waals surface area contributed by atoms with Crippen molar-refractivity contribution >= 4 is 16.8 Å². The number of nitrogens with zero attached hydrogens (tertiary/aromatic N) is 1. The van der Waals surface area contributed by atoms with Gasteiger partial charge in [0.2, 0.25) is 5.91 Å². The van der Waals surface area contributed by atoms with Gasteiger partial charge in [0.25, 0.3) is 0 Å². The van der Waals surface area contributed by atoms with E-state index < -0.39 is 5.91 Å². The molecule has 0 aliphatic heterocycles. The van der Waals surface area contributed by atoms with Crippen LogP contribution < -0.4 is 5.73 Å². The number of amides is 1. The first kappa shape index (κ1) is 9.71. The number of primary amides is 1. The lowest BCUT2D eigenvalue weighted by molar-refractivity contribution is -0.117. The van der Waals surface area contributed by atoms with Crippen LogP contribution in [-0.2, 0) is 18.3 Å². The Bertz CT molecular complexity index is 531. The summed E-state index contributed by atoms with van der Waals surface area (Å²) in [6.07, 6.45) is 1.87. The number of hydrogen-bond donors (Lipinski definition) is 1. The van der Waals surface area contributed by atoms with Crippen LogP contribution >= 0.6 is 0 Å². The first-order valence-electron chi connectivity index (χ1n) is 4.60. The standard InChI is InChI=1S/C11H11FN2O/c1-14-6-7(5-10(13)15)8-3-2-4-9(12)11(8)14/h2-4,6H,5H2,1H3,(H2,13,15). The lowest BCUT2D eigenvalue weighted by atomic mass is 10.1. The Balaban J connectivity index is 2.68. The second-order valence-corrected chi connectivity index (χ2v) is 3.54. The van der Waals surface area contributed by atoms with Crippen molar-refractivity contribution < 1.29 is 9.18 Å². The highest BCUT2D eigenvalue weighted by molar-refractivity contribution is 5.89. The normalized spacial score (nSPS) is 10.8. The third-order valence-electron chi connectivity index (χ3n) is 2.40. The van der Waals surface area contributed by atoms with Crippen LogP contribution in [0.4, 0.5) is 4.39 Å². The van der Waals surface area contributed by atoms with Crippen LogP contribution in [0.5, 0.6) is 0 Å². The van der Waals surface area contributed by atoms with E-state index in [-0.39, 0.29) is 12.2 Å². The van der Waals surface area contributed by atoms with Gasteiger partial charge >= 0.3 is 0 Å². The van der Waals surface area contributed by atoms with Gasteiger partial charge in [0.1, 0.15) is 5.82 Å². The van der Waals surface area contributed by atoms with Crippen LogP contribution in [0.3, 0.4) is 0 Å². The fraction of sp³-hybridized carbons (Fsp3) is 0.182. The molecule has 0 radical (unpaired) electrons. The molecule has 0 aliphatic rings. The van der Waals surface area contributed by atoms with E-state index in [1.165, 1.54) is 6.07 Å². The van der Waals surface area contributed by atoms with Gasteiger partial charge in [-0.25, -0.2) is 4.39 Å². The summed E-state index contributed by atoms with van der Waals surface area (Å²) < 4.78 is 15.1. The molecule has 1 aromatic heterocycles. The zero-order valence-electron chi connectivity index (χ0n) is 8.33. The Morgan fingerprint density at radius 1 is 1.53 bits per heavy atom. The van der Waals surface area contributed by atoms with Gasteiger partial charge in [-0.3, -0.25) is 4.79 Å². The van der Waals surface area contributed by atoms with Gasteiger partial charge in [0, 0.05) is 18.6 Å². The van der Waals surface area contributed by atoms with Crippen LogP contribution in [-0.4, -0.2) is 10.5 Å². The minimum atomic E-state index is -0.410. The second kappa shape index (κ2) is 3.38. The molecule has 0 fully saturated rings. The van der Waals surface area contributed by atoms with E-state index in [9.17, 15) is 9.18 Å². The molecule has 0 bridgehead atoms. The summed E-state index contributed by atoms with van der Waals surface area (Å²) in [7, 11) is 1.75. The highest BCUT2D eigenvalue weighted by Crippen LogP contribution is 2.23. The van der Waals surface area contributed by atoms with Crippen LogP contribution in [0.2, 0.25) is 0 Å². The number of halogens is 1. The Kier molecular flexibility index (Phi) is 2.19. The number of benzene rings is 1. The predicted molar refractivity (Wildman–Crippen MR) is 55.8 cm³/mol. The number of carbonyl (C=O) groups excluding carboxylic acids is 1. The highest BCUT2D eigenvalue weighted by Gasteiger charge is 2.11. The summed E-state index contributed by atoms with van der Waals surface area (Å²) in [5.41, 5.74) is 6.39. The number of carbonyl (C=O) groups is 1. The van der Waals surface area contributed by atoms with E-state index in [0.29, 0.717) is 5.52 Å². The Labute approximate surface area is 86.3 Å². The third kappa shape index (κ3) is 1.58. The third-order valence-corrected chi connectivity index (χ3v) is 2.40. The molecule has 1 heterocycles. The molecular formula is C11H11FN2O. The summed E-state index contributed by atoms with van der Waals surface area (Å²) in [5, 5.41) is 0.747. The SMILES string of the molecule is Cn1cc(CC(N)=O)c2cccc(F)c21. The van der Waals surface area contributed by atoms with Gasteiger partial charge < -0.3 is 10.3 Å². The summed E-state index contributed by atoms with van der Waals surface area (Å²) in [6, 6.07) is 4.81. The molecule has 2 N–H and O–H groups in total. The topological polar surface area (TPSA) is 48.0 Å². The Morgan fingerprint density at radius 3 is 2.93 bits per heavy atom. The fourth-order valence-corrected chi connectivity index (χ4v) is 1.83. The average molecular weight is 206 g/mol. The molecule has 0 saturated heterocycles. The fourth-order valence-electron chi connectivity index (χ4n) is 1.83. The van der Waals surface area contributed by atoms with Crippen LogP contribution in [0.15, 0.2) is 24.4 Å². The summed E-state index contributed by atoms with van der Waals surface area (Å²) in [4.78, 5) is 10.8. The number of aryl methyl sites for hydroxylation is 1. The van der Waals surface area contributed by atoms with Gasteiger partial charge in [-0.1, -0.05) is 12.1 Å². The lowest BCUT2D eigenvalue weighted by Crippen LogP contribution is -2.13. The van der Waals surface area contributed by atoms with E-state index in [0.717, 1.165) is 10.9 Å². The van der Waals surface area contributed by atoms with E-state index >= 15 is 0 Å². The number of hydrogen-bond acceptors (Lipinski definition) is 1. The minimum Gasteiger partial charge on any atom is -0.369 e. The Hall–Kier alpha value is -1.84. The number of fused-ring (bicyclic) bond motifs is 1. The average Bonchev–Trinajstić information content (AvgIpc) is 2.44. The smallest absolute Gasteiger partial charge is 0.221 e. The van der Waals surface area contributed by atoms with Crippen molar-refractivity contribution in [3.63, 3.8) is 0 Å². The molecule has 0 atom stereocenters. The van der Waals surface area contributed by atoms with Gasteiger partial charge in [-0.2, -0.15) is 0 Å². The molecule has 1 aromatic carbocycles. The molecule has 2 aromatic rings. The quantitative estimate of drug-likeness (QED) is 0.792. The van der Waals surface area contributed by atoms with E-state index in [1.807, 2.05) is 0 Å². The van der Waals surface area contributed by atoms with Crippen LogP contribution in [0.1, 0.15) is 5.56 Å². The molecule has 0 spiro atoms. The molecule has 4 heteroatoms. The van der Waals surface area contributed by atoms with Crippen molar-refractivity contribution in [1.29, 1.82) is 0 Å². The van der Waals surface area contributed by atoms with Gasteiger partial charge in [-0.05, 0) is 11.6 Å². The van der Waals surface area contributed by atoms with E-state index in [1.54, 1.807) is 29.9 Å². The van der Waals surface area contributed by atoms with Gasteiger partial charge in [0.05, 0.1) is 11.9 Å². The van der Waals surface area contributed by atoms with Gasteiger partial charge in [-0.15, -0.1) is 0 Å². The van der Waals surface area contributed by atoms with Crippen LogP contribution in [0, 0.1) is 5.82 Å². The molecule has 3 nitrogen and oxygen atoms in total. The van der Waals surface area contributed by atoms with Crippen molar-refractivity contribution in [1.82, 2.24) is 4.57 Å². The van der Waals surface area contributed by atoms with E-state index in [4.69, 9.17) is 5.73 Å². The molecule has 0 aliphatic carbocycles. The molecule has 78 valence electrons. The van der Waals surface area contributed by atoms with Gasteiger partial charge in [0.15, 0.2) is 0 Å². The number of rotatable bonds is 2. The monoisotopic (exact) mass is 206 g/mol. The zero-order valence-corrected chi connectivity index (χ0v) is 8.33. The van der Waals surface area contributed by atoms with Crippen LogP contribution in [0.25, 0.3) is 10.9 Å². The summed E-state index contributed by atoms with van der Waals surface area (Å²) >= 11 is 0. The number of para-hydroxylation sites is 1. The van der Waals surface area contributed by atoms with E-state index in [2.05, 4.69) is 0 Å². The minimum absolute atomic E-state index is 0.140. The molecule has 2 rings (SSSR count). The number of aromatic nitrogens is 1. The maximum atomic E-state index is 13.5. The molecule has 0 unspecified atom stereocenters. The first-order chi connectivity index (χ1) is 7.09. The summed E-state index contributed by atoms with van der Waals surface area (Å²) in [5.74, 6) is -0.697. The van der Waals surface area contributed by atoms with Crippen molar-refractivity contribution in [3.8, 4) is 0 Å². The maximum Gasteiger partial charge on any atom is 0.221 e. The van der Waals surface area contributed by atoms with Crippen molar-refractivity contribution in [2.75, 3.05) is 0 Å². The highest BCUT2D eigenvalue weighted by atomic mass is 19.1. The molecular weight excluding hydrogens is 195 g/mol. The lowest BCUT2D eigenvalue weighted by Gasteiger charge is -1.97. The second-order valence-electron chi connectivity index (χ2n) is 3.54. The molecule has 15 heavy (non-hydrogen) atoms. The predicted octanol–water partition coefficient (Wildman–Crippen LogP) is 1.35. The molecule has 1 amide bonds. The van der Waals surface area contributed by atoms with Crippen molar-refractivity contribution in [3.05, 3.63) is 35.8 Å².